The maximum Gasteiger partial charge on any atom is 0.243 e. The lowest BCUT2D eigenvalue weighted by atomic mass is 9.96. The molecule has 0 heterocycles. The van der Waals surface area contributed by atoms with Crippen molar-refractivity contribution in [1.82, 2.24) is 5.32 Å². The molecule has 0 spiro atoms. The second kappa shape index (κ2) is 6.55. The van der Waals surface area contributed by atoms with Crippen LogP contribution in [0.4, 0.5) is 5.69 Å². The van der Waals surface area contributed by atoms with Gasteiger partial charge in [-0.2, -0.15) is 0 Å². The Morgan fingerprint density at radius 3 is 2.40 bits per heavy atom. The van der Waals surface area contributed by atoms with Crippen molar-refractivity contribution in [2.45, 2.75) is 41.0 Å². The number of nitrogens with one attached hydrogen (secondary N) is 2. The summed E-state index contributed by atoms with van der Waals surface area (Å²) < 4.78 is 0. The summed E-state index contributed by atoms with van der Waals surface area (Å²) in [6, 6.07) is 5.93. The first kappa shape index (κ1) is 16.2. The van der Waals surface area contributed by atoms with Crippen molar-refractivity contribution in [2.24, 2.45) is 5.41 Å². The zero-order valence-corrected chi connectivity index (χ0v) is 13.0. The molecule has 2 N–H and O–H groups in total. The van der Waals surface area contributed by atoms with E-state index in [0.717, 1.165) is 23.2 Å². The summed E-state index contributed by atoms with van der Waals surface area (Å²) in [7, 11) is 0. The summed E-state index contributed by atoms with van der Waals surface area (Å²) in [5.41, 5.74) is 2.49. The highest BCUT2D eigenvalue weighted by molar-refractivity contribution is 5.96. The molecule has 0 saturated heterocycles. The lowest BCUT2D eigenvalue weighted by molar-refractivity contribution is -0.130. The van der Waals surface area contributed by atoms with E-state index < -0.39 is 5.41 Å². The maximum atomic E-state index is 11.9. The van der Waals surface area contributed by atoms with Crippen LogP contribution in [0.25, 0.3) is 0 Å². The minimum atomic E-state index is -0.489. The fourth-order valence-electron chi connectivity index (χ4n) is 1.81. The number of carbonyl (C=O) groups is 2. The average Bonchev–Trinajstić information content (AvgIpc) is 2.37. The molecule has 0 aliphatic rings. The Bertz CT molecular complexity index is 502. The van der Waals surface area contributed by atoms with Gasteiger partial charge in [0.2, 0.25) is 11.8 Å². The Labute approximate surface area is 121 Å². The summed E-state index contributed by atoms with van der Waals surface area (Å²) >= 11 is 0. The van der Waals surface area contributed by atoms with Gasteiger partial charge in [-0.1, -0.05) is 45.9 Å². The molecule has 0 atom stereocenters. The molecule has 0 aliphatic carbocycles. The van der Waals surface area contributed by atoms with Crippen LogP contribution in [0.1, 0.15) is 38.8 Å². The van der Waals surface area contributed by atoms with E-state index in [0.29, 0.717) is 0 Å². The highest BCUT2D eigenvalue weighted by Crippen LogP contribution is 2.20. The van der Waals surface area contributed by atoms with E-state index in [1.807, 2.05) is 52.8 Å². The first-order chi connectivity index (χ1) is 9.25. The van der Waals surface area contributed by atoms with Crippen LogP contribution in [-0.4, -0.2) is 18.4 Å². The molecule has 0 bridgehead atoms. The third-order valence-electron chi connectivity index (χ3n) is 3.10. The van der Waals surface area contributed by atoms with Crippen molar-refractivity contribution in [3.63, 3.8) is 0 Å². The van der Waals surface area contributed by atoms with Gasteiger partial charge in [0.25, 0.3) is 0 Å². The number of benzene rings is 1. The van der Waals surface area contributed by atoms with Crippen molar-refractivity contribution < 1.29 is 9.59 Å². The minimum Gasteiger partial charge on any atom is -0.347 e. The zero-order chi connectivity index (χ0) is 15.3. The molecule has 0 fully saturated rings. The molecule has 1 aromatic carbocycles. The van der Waals surface area contributed by atoms with E-state index in [4.69, 9.17) is 0 Å². The predicted octanol–water partition coefficient (Wildman–Crippen LogP) is 2.66. The van der Waals surface area contributed by atoms with Crippen LogP contribution in [0, 0.1) is 12.3 Å². The largest absolute Gasteiger partial charge is 0.347 e. The maximum absolute atomic E-state index is 11.9. The van der Waals surface area contributed by atoms with Gasteiger partial charge in [0.05, 0.1) is 6.54 Å². The SMILES string of the molecule is CCc1cccc(C)c1NC(=O)CNC(=O)C(C)(C)C. The van der Waals surface area contributed by atoms with E-state index in [-0.39, 0.29) is 18.4 Å². The van der Waals surface area contributed by atoms with E-state index in [1.54, 1.807) is 0 Å². The van der Waals surface area contributed by atoms with Gasteiger partial charge in [0.1, 0.15) is 0 Å². The molecule has 110 valence electrons. The van der Waals surface area contributed by atoms with E-state index in [9.17, 15) is 9.59 Å². The van der Waals surface area contributed by atoms with Crippen LogP contribution < -0.4 is 10.6 Å². The fraction of sp³-hybridized carbons (Fsp3) is 0.500. The first-order valence-corrected chi connectivity index (χ1v) is 6.92. The lowest BCUT2D eigenvalue weighted by Gasteiger charge is -2.18. The Morgan fingerprint density at radius 2 is 1.85 bits per heavy atom. The smallest absolute Gasteiger partial charge is 0.243 e. The summed E-state index contributed by atoms with van der Waals surface area (Å²) in [5.74, 6) is -0.334. The number of aryl methyl sites for hydroxylation is 2. The molecule has 0 aliphatic heterocycles. The third-order valence-corrected chi connectivity index (χ3v) is 3.10. The first-order valence-electron chi connectivity index (χ1n) is 6.92. The molecule has 0 aromatic heterocycles. The molecule has 0 saturated carbocycles. The standard InChI is InChI=1S/C16H24N2O2/c1-6-12-9-7-8-11(2)14(12)18-13(19)10-17-15(20)16(3,4)5/h7-9H,6,10H2,1-5H3,(H,17,20)(H,18,19). The molecule has 1 rings (SSSR count). The fourth-order valence-corrected chi connectivity index (χ4v) is 1.81. The van der Waals surface area contributed by atoms with Gasteiger partial charge >= 0.3 is 0 Å². The van der Waals surface area contributed by atoms with Crippen molar-refractivity contribution in [3.05, 3.63) is 29.3 Å². The van der Waals surface area contributed by atoms with Crippen LogP contribution >= 0.6 is 0 Å². The molecule has 1 aromatic rings. The highest BCUT2D eigenvalue weighted by atomic mass is 16.2. The molecular formula is C16H24N2O2. The van der Waals surface area contributed by atoms with E-state index in [2.05, 4.69) is 10.6 Å². The summed E-state index contributed by atoms with van der Waals surface area (Å²) in [6.07, 6.45) is 0.853. The topological polar surface area (TPSA) is 58.2 Å². The Kier molecular flexibility index (Phi) is 5.31. The lowest BCUT2D eigenvalue weighted by Crippen LogP contribution is -2.39. The van der Waals surface area contributed by atoms with Gasteiger partial charge in [-0.15, -0.1) is 0 Å². The number of carbonyl (C=O) groups excluding carboxylic acids is 2. The van der Waals surface area contributed by atoms with Crippen molar-refractivity contribution in [3.8, 4) is 0 Å². The van der Waals surface area contributed by atoms with Crippen molar-refractivity contribution in [2.75, 3.05) is 11.9 Å². The molecule has 0 unspecified atom stereocenters. The molecule has 4 heteroatoms. The normalized spacial score (nSPS) is 11.1. The van der Waals surface area contributed by atoms with Crippen LogP contribution in [0.2, 0.25) is 0 Å². The summed E-state index contributed by atoms with van der Waals surface area (Å²) in [6.45, 7) is 9.45. The Balaban J connectivity index is 2.66. The zero-order valence-electron chi connectivity index (χ0n) is 13.0. The van der Waals surface area contributed by atoms with E-state index >= 15 is 0 Å². The number of amides is 2. The van der Waals surface area contributed by atoms with Crippen molar-refractivity contribution >= 4 is 17.5 Å². The average molecular weight is 276 g/mol. The Hall–Kier alpha value is -1.84. The third kappa shape index (κ3) is 4.37. The second-order valence-electron chi connectivity index (χ2n) is 5.94. The quantitative estimate of drug-likeness (QED) is 0.888. The highest BCUT2D eigenvalue weighted by Gasteiger charge is 2.21. The van der Waals surface area contributed by atoms with Gasteiger partial charge in [-0.25, -0.2) is 0 Å². The van der Waals surface area contributed by atoms with Gasteiger partial charge in [-0.05, 0) is 24.5 Å². The minimum absolute atomic E-state index is 0.00636. The van der Waals surface area contributed by atoms with Gasteiger partial charge in [0.15, 0.2) is 0 Å². The predicted molar refractivity (Wildman–Crippen MR) is 81.7 cm³/mol. The summed E-state index contributed by atoms with van der Waals surface area (Å²) in [5, 5.41) is 5.53. The molecule has 2 amide bonds. The number of anilines is 1. The molecule has 4 nitrogen and oxygen atoms in total. The molecular weight excluding hydrogens is 252 g/mol. The van der Waals surface area contributed by atoms with Crippen LogP contribution in [0.5, 0.6) is 0 Å². The van der Waals surface area contributed by atoms with Crippen LogP contribution in [0.15, 0.2) is 18.2 Å². The molecule has 20 heavy (non-hydrogen) atoms. The van der Waals surface area contributed by atoms with Gasteiger partial charge < -0.3 is 10.6 Å². The Morgan fingerprint density at radius 1 is 1.20 bits per heavy atom. The van der Waals surface area contributed by atoms with Crippen molar-refractivity contribution in [1.29, 1.82) is 0 Å². The van der Waals surface area contributed by atoms with E-state index in [1.165, 1.54) is 0 Å². The number of para-hydroxylation sites is 1. The monoisotopic (exact) mass is 276 g/mol. The van der Waals surface area contributed by atoms with Gasteiger partial charge in [-0.3, -0.25) is 9.59 Å². The second-order valence-corrected chi connectivity index (χ2v) is 5.94. The number of rotatable bonds is 4. The van der Waals surface area contributed by atoms with Gasteiger partial charge in [0, 0.05) is 11.1 Å². The van der Waals surface area contributed by atoms with Crippen LogP contribution in [0.3, 0.4) is 0 Å². The van der Waals surface area contributed by atoms with Crippen LogP contribution in [-0.2, 0) is 16.0 Å². The number of hydrogen-bond acceptors (Lipinski definition) is 2. The number of hydrogen-bond donors (Lipinski definition) is 2. The summed E-state index contributed by atoms with van der Waals surface area (Å²) in [4.78, 5) is 23.7. The molecule has 0 radical (unpaired) electrons.